The van der Waals surface area contributed by atoms with Crippen LogP contribution in [0.5, 0.6) is 0 Å². The standard InChI is InChI=1S/C13H16BrF3N2/c1-12(2)8-19(6-5-18-12)9-3-4-11(14)10(7-9)13(15,16)17/h3-4,7,18H,5-6,8H2,1-2H3. The van der Waals surface area contributed by atoms with E-state index in [0.29, 0.717) is 18.8 Å². The molecule has 0 bridgehead atoms. The number of halogens is 4. The maximum atomic E-state index is 12.9. The Morgan fingerprint density at radius 2 is 2.00 bits per heavy atom. The van der Waals surface area contributed by atoms with E-state index in [1.54, 1.807) is 6.07 Å². The summed E-state index contributed by atoms with van der Waals surface area (Å²) in [5, 5.41) is 3.34. The largest absolute Gasteiger partial charge is 0.417 e. The minimum absolute atomic E-state index is 0.0816. The molecule has 0 aliphatic carbocycles. The number of nitrogens with one attached hydrogen (secondary N) is 1. The number of hydrogen-bond donors (Lipinski definition) is 1. The van der Waals surface area contributed by atoms with E-state index in [0.717, 1.165) is 6.54 Å². The lowest BCUT2D eigenvalue weighted by Gasteiger charge is -2.40. The fraction of sp³-hybridized carbons (Fsp3) is 0.538. The molecule has 1 N–H and O–H groups in total. The Hall–Kier alpha value is -0.750. The van der Waals surface area contributed by atoms with Crippen molar-refractivity contribution in [3.8, 4) is 0 Å². The number of benzene rings is 1. The van der Waals surface area contributed by atoms with Gasteiger partial charge in [0.1, 0.15) is 0 Å². The Kier molecular flexibility index (Phi) is 3.84. The first-order valence-corrected chi connectivity index (χ1v) is 6.85. The minimum Gasteiger partial charge on any atom is -0.368 e. The molecule has 19 heavy (non-hydrogen) atoms. The molecule has 1 aromatic carbocycles. The number of piperazine rings is 1. The zero-order valence-electron chi connectivity index (χ0n) is 10.8. The number of hydrogen-bond acceptors (Lipinski definition) is 2. The maximum absolute atomic E-state index is 12.9. The minimum atomic E-state index is -4.33. The summed E-state index contributed by atoms with van der Waals surface area (Å²) in [6.07, 6.45) is -4.33. The first-order valence-electron chi connectivity index (χ1n) is 6.06. The molecule has 0 atom stereocenters. The molecule has 1 aliphatic rings. The molecule has 6 heteroatoms. The lowest BCUT2D eigenvalue weighted by atomic mass is 10.0. The molecular formula is C13H16BrF3N2. The van der Waals surface area contributed by atoms with Gasteiger partial charge in [0.15, 0.2) is 0 Å². The molecular weight excluding hydrogens is 321 g/mol. The van der Waals surface area contributed by atoms with E-state index in [-0.39, 0.29) is 10.0 Å². The van der Waals surface area contributed by atoms with E-state index >= 15 is 0 Å². The summed E-state index contributed by atoms with van der Waals surface area (Å²) >= 11 is 2.96. The molecule has 0 radical (unpaired) electrons. The van der Waals surface area contributed by atoms with E-state index in [4.69, 9.17) is 0 Å². The lowest BCUT2D eigenvalue weighted by molar-refractivity contribution is -0.138. The second-order valence-corrected chi connectivity index (χ2v) is 6.25. The van der Waals surface area contributed by atoms with Crippen molar-refractivity contribution in [2.45, 2.75) is 25.6 Å². The second-order valence-electron chi connectivity index (χ2n) is 5.39. The van der Waals surface area contributed by atoms with Crippen LogP contribution in [0, 0.1) is 0 Å². The Labute approximate surface area is 119 Å². The highest BCUT2D eigenvalue weighted by Crippen LogP contribution is 2.37. The monoisotopic (exact) mass is 336 g/mol. The average Bonchev–Trinajstić information content (AvgIpc) is 2.26. The van der Waals surface area contributed by atoms with E-state index in [1.165, 1.54) is 12.1 Å². The summed E-state index contributed by atoms with van der Waals surface area (Å²) in [5.41, 5.74) is -0.101. The third-order valence-electron chi connectivity index (χ3n) is 3.19. The van der Waals surface area contributed by atoms with Gasteiger partial charge in [-0.05, 0) is 32.0 Å². The van der Waals surface area contributed by atoms with Crippen LogP contribution >= 0.6 is 15.9 Å². The first-order chi connectivity index (χ1) is 8.69. The van der Waals surface area contributed by atoms with E-state index in [2.05, 4.69) is 21.2 Å². The van der Waals surface area contributed by atoms with Gasteiger partial charge in [-0.1, -0.05) is 15.9 Å². The van der Waals surface area contributed by atoms with Gasteiger partial charge in [-0.15, -0.1) is 0 Å². The molecule has 1 heterocycles. The highest BCUT2D eigenvalue weighted by Gasteiger charge is 2.34. The zero-order chi connectivity index (χ0) is 14.3. The topological polar surface area (TPSA) is 15.3 Å². The third-order valence-corrected chi connectivity index (χ3v) is 3.88. The van der Waals surface area contributed by atoms with Gasteiger partial charge in [-0.3, -0.25) is 0 Å². The normalized spacial score (nSPS) is 19.6. The van der Waals surface area contributed by atoms with Gasteiger partial charge in [-0.25, -0.2) is 0 Å². The molecule has 2 nitrogen and oxygen atoms in total. The van der Waals surface area contributed by atoms with Crippen molar-refractivity contribution >= 4 is 21.6 Å². The van der Waals surface area contributed by atoms with Crippen LogP contribution in [-0.2, 0) is 6.18 Å². The molecule has 2 rings (SSSR count). The van der Waals surface area contributed by atoms with Crippen molar-refractivity contribution < 1.29 is 13.2 Å². The Balaban J connectivity index is 2.31. The van der Waals surface area contributed by atoms with Crippen LogP contribution in [0.1, 0.15) is 19.4 Å². The van der Waals surface area contributed by atoms with Crippen LogP contribution in [-0.4, -0.2) is 25.2 Å². The van der Waals surface area contributed by atoms with Crippen LogP contribution in [0.15, 0.2) is 22.7 Å². The predicted molar refractivity (Wildman–Crippen MR) is 73.4 cm³/mol. The van der Waals surface area contributed by atoms with Crippen molar-refractivity contribution in [3.05, 3.63) is 28.2 Å². The van der Waals surface area contributed by atoms with Gasteiger partial charge in [0, 0.05) is 35.3 Å². The molecule has 1 fully saturated rings. The van der Waals surface area contributed by atoms with Crippen LogP contribution in [0.4, 0.5) is 18.9 Å². The number of alkyl halides is 3. The summed E-state index contributed by atoms with van der Waals surface area (Å²) in [6, 6.07) is 4.40. The SMILES string of the molecule is CC1(C)CN(c2ccc(Br)c(C(F)(F)F)c2)CCN1. The number of nitrogens with zero attached hydrogens (tertiary/aromatic N) is 1. The molecule has 0 saturated carbocycles. The van der Waals surface area contributed by atoms with Crippen molar-refractivity contribution in [2.24, 2.45) is 0 Å². The van der Waals surface area contributed by atoms with Crippen LogP contribution in [0.3, 0.4) is 0 Å². The highest BCUT2D eigenvalue weighted by molar-refractivity contribution is 9.10. The lowest BCUT2D eigenvalue weighted by Crippen LogP contribution is -2.57. The summed E-state index contributed by atoms with van der Waals surface area (Å²) in [6.45, 7) is 6.25. The third kappa shape index (κ3) is 3.42. The van der Waals surface area contributed by atoms with Crippen LogP contribution in [0.25, 0.3) is 0 Å². The summed E-state index contributed by atoms with van der Waals surface area (Å²) < 4.78 is 38.7. The van der Waals surface area contributed by atoms with Gasteiger partial charge in [0.2, 0.25) is 0 Å². The Bertz CT molecular complexity index is 471. The second kappa shape index (κ2) is 4.98. The van der Waals surface area contributed by atoms with Gasteiger partial charge in [-0.2, -0.15) is 13.2 Å². The molecule has 1 saturated heterocycles. The molecule has 1 aromatic rings. The number of anilines is 1. The zero-order valence-corrected chi connectivity index (χ0v) is 12.4. The van der Waals surface area contributed by atoms with Crippen molar-refractivity contribution in [1.29, 1.82) is 0 Å². The Morgan fingerprint density at radius 3 is 2.58 bits per heavy atom. The van der Waals surface area contributed by atoms with Gasteiger partial charge < -0.3 is 10.2 Å². The van der Waals surface area contributed by atoms with E-state index in [1.807, 2.05) is 18.7 Å². The summed E-state index contributed by atoms with van der Waals surface area (Å²) in [7, 11) is 0. The average molecular weight is 337 g/mol. The van der Waals surface area contributed by atoms with Crippen LogP contribution in [0.2, 0.25) is 0 Å². The van der Waals surface area contributed by atoms with E-state index < -0.39 is 11.7 Å². The fourth-order valence-electron chi connectivity index (χ4n) is 2.29. The van der Waals surface area contributed by atoms with Gasteiger partial charge >= 0.3 is 6.18 Å². The predicted octanol–water partition coefficient (Wildman–Crippen LogP) is 3.66. The molecule has 0 aromatic heterocycles. The quantitative estimate of drug-likeness (QED) is 0.841. The highest BCUT2D eigenvalue weighted by atomic mass is 79.9. The summed E-state index contributed by atoms with van der Waals surface area (Å²) in [4.78, 5) is 1.98. The molecule has 0 amide bonds. The molecule has 0 unspecified atom stereocenters. The number of rotatable bonds is 1. The van der Waals surface area contributed by atoms with Crippen molar-refractivity contribution in [2.75, 3.05) is 24.5 Å². The molecule has 106 valence electrons. The van der Waals surface area contributed by atoms with Gasteiger partial charge in [0.05, 0.1) is 5.56 Å². The Morgan fingerprint density at radius 1 is 1.32 bits per heavy atom. The molecule has 0 spiro atoms. The maximum Gasteiger partial charge on any atom is 0.417 e. The van der Waals surface area contributed by atoms with Crippen LogP contribution < -0.4 is 10.2 Å². The smallest absolute Gasteiger partial charge is 0.368 e. The summed E-state index contributed by atoms with van der Waals surface area (Å²) in [5.74, 6) is 0. The van der Waals surface area contributed by atoms with Crippen molar-refractivity contribution in [3.63, 3.8) is 0 Å². The fourth-order valence-corrected chi connectivity index (χ4v) is 2.76. The van der Waals surface area contributed by atoms with Crippen molar-refractivity contribution in [1.82, 2.24) is 5.32 Å². The van der Waals surface area contributed by atoms with Gasteiger partial charge in [0.25, 0.3) is 0 Å². The first kappa shape index (κ1) is 14.7. The van der Waals surface area contributed by atoms with E-state index in [9.17, 15) is 13.2 Å². The molecule has 1 aliphatic heterocycles.